The maximum Gasteiger partial charge on any atom is 0.323 e. The SMILES string of the molecule is C[N+]1(CCOC(=O)C(I)c2ccccc2)CCCCC1. The van der Waals surface area contributed by atoms with Crippen molar-refractivity contribution >= 4 is 28.6 Å². The molecule has 1 aliphatic heterocycles. The van der Waals surface area contributed by atoms with Crippen molar-refractivity contribution in [1.82, 2.24) is 0 Å². The summed E-state index contributed by atoms with van der Waals surface area (Å²) in [6.45, 7) is 3.89. The van der Waals surface area contributed by atoms with E-state index in [0.717, 1.165) is 16.6 Å². The molecule has 4 heteroatoms. The number of halogens is 1. The van der Waals surface area contributed by atoms with Crippen LogP contribution in [0.15, 0.2) is 30.3 Å². The van der Waals surface area contributed by atoms with E-state index in [2.05, 4.69) is 29.6 Å². The average Bonchev–Trinajstić information content (AvgIpc) is 2.48. The molecule has 20 heavy (non-hydrogen) atoms. The highest BCUT2D eigenvalue weighted by Crippen LogP contribution is 2.24. The van der Waals surface area contributed by atoms with E-state index < -0.39 is 0 Å². The van der Waals surface area contributed by atoms with Crippen molar-refractivity contribution in [3.63, 3.8) is 0 Å². The molecule has 3 nitrogen and oxygen atoms in total. The van der Waals surface area contributed by atoms with Gasteiger partial charge in [0.15, 0.2) is 0 Å². The zero-order valence-electron chi connectivity index (χ0n) is 12.1. The van der Waals surface area contributed by atoms with Crippen LogP contribution in [-0.2, 0) is 9.53 Å². The summed E-state index contributed by atoms with van der Waals surface area (Å²) in [7, 11) is 2.27. The lowest BCUT2D eigenvalue weighted by Gasteiger charge is -2.37. The van der Waals surface area contributed by atoms with E-state index in [1.807, 2.05) is 30.3 Å². The van der Waals surface area contributed by atoms with E-state index in [9.17, 15) is 4.79 Å². The third-order valence-corrected chi connectivity index (χ3v) is 5.30. The molecule has 1 fully saturated rings. The smallest absolute Gasteiger partial charge is 0.323 e. The first-order chi connectivity index (χ1) is 9.61. The van der Waals surface area contributed by atoms with Crippen molar-refractivity contribution in [1.29, 1.82) is 0 Å². The van der Waals surface area contributed by atoms with Crippen LogP contribution >= 0.6 is 22.6 Å². The Labute approximate surface area is 135 Å². The fourth-order valence-electron chi connectivity index (χ4n) is 2.70. The lowest BCUT2D eigenvalue weighted by Crippen LogP contribution is -2.49. The normalized spacial score (nSPS) is 19.3. The molecule has 0 N–H and O–H groups in total. The Morgan fingerprint density at radius 1 is 1.25 bits per heavy atom. The topological polar surface area (TPSA) is 26.3 Å². The predicted octanol–water partition coefficient (Wildman–Crippen LogP) is 3.34. The first-order valence-corrected chi connectivity index (χ1v) is 8.54. The van der Waals surface area contributed by atoms with Crippen molar-refractivity contribution in [2.45, 2.75) is 23.2 Å². The summed E-state index contributed by atoms with van der Waals surface area (Å²) >= 11 is 2.15. The fraction of sp³-hybridized carbons (Fsp3) is 0.562. The summed E-state index contributed by atoms with van der Waals surface area (Å²) in [5, 5.41) is 0. The Bertz CT molecular complexity index is 429. The molecule has 0 spiro atoms. The lowest BCUT2D eigenvalue weighted by molar-refractivity contribution is -0.914. The zero-order chi connectivity index (χ0) is 14.4. The molecule has 1 atom stereocenters. The first kappa shape index (κ1) is 15.8. The molecule has 1 aromatic carbocycles. The van der Waals surface area contributed by atoms with Crippen LogP contribution in [0.3, 0.4) is 0 Å². The molecule has 1 aromatic rings. The van der Waals surface area contributed by atoms with Crippen molar-refractivity contribution in [3.05, 3.63) is 35.9 Å². The Morgan fingerprint density at radius 3 is 2.55 bits per heavy atom. The van der Waals surface area contributed by atoms with Crippen molar-refractivity contribution in [2.24, 2.45) is 0 Å². The molecule has 0 saturated carbocycles. The van der Waals surface area contributed by atoms with Gasteiger partial charge in [-0.1, -0.05) is 52.9 Å². The molecule has 0 aromatic heterocycles. The molecule has 0 radical (unpaired) electrons. The number of likely N-dealkylation sites (tertiary alicyclic amines) is 1. The van der Waals surface area contributed by atoms with E-state index >= 15 is 0 Å². The standard InChI is InChI=1S/C16H23INO2/c1-18(10-6-3-7-11-18)12-13-20-16(19)15(17)14-8-4-2-5-9-14/h2,4-5,8-9,15H,3,6-7,10-13H2,1H3/q+1. The zero-order valence-corrected chi connectivity index (χ0v) is 14.2. The van der Waals surface area contributed by atoms with E-state index in [0.29, 0.717) is 6.61 Å². The average molecular weight is 388 g/mol. The third-order valence-electron chi connectivity index (χ3n) is 4.07. The first-order valence-electron chi connectivity index (χ1n) is 7.30. The molecule has 0 amide bonds. The number of carbonyl (C=O) groups excluding carboxylic acids is 1. The van der Waals surface area contributed by atoms with Crippen LogP contribution < -0.4 is 0 Å². The fourth-order valence-corrected chi connectivity index (χ4v) is 3.29. The highest BCUT2D eigenvalue weighted by atomic mass is 127. The minimum absolute atomic E-state index is 0.125. The summed E-state index contributed by atoms with van der Waals surface area (Å²) < 4.78 is 6.30. The quantitative estimate of drug-likeness (QED) is 0.335. The Kier molecular flexibility index (Phi) is 5.84. The maximum atomic E-state index is 12.1. The van der Waals surface area contributed by atoms with Gasteiger partial charge in [-0.2, -0.15) is 0 Å². The molecular formula is C16H23INO2+. The lowest BCUT2D eigenvalue weighted by atomic mass is 10.1. The molecule has 1 unspecified atom stereocenters. The van der Waals surface area contributed by atoms with Crippen LogP contribution in [0.4, 0.5) is 0 Å². The number of hydrogen-bond acceptors (Lipinski definition) is 2. The minimum Gasteiger partial charge on any atom is -0.459 e. The number of benzene rings is 1. The molecule has 0 bridgehead atoms. The highest BCUT2D eigenvalue weighted by Gasteiger charge is 2.25. The van der Waals surface area contributed by atoms with Crippen LogP contribution in [-0.4, -0.2) is 43.7 Å². The summed E-state index contributed by atoms with van der Waals surface area (Å²) in [6.07, 6.45) is 3.93. The third kappa shape index (κ3) is 4.45. The number of esters is 1. The number of likely N-dealkylation sites (N-methyl/N-ethyl adjacent to an activating group) is 1. The van der Waals surface area contributed by atoms with Gasteiger partial charge < -0.3 is 9.22 Å². The number of piperidine rings is 1. The van der Waals surface area contributed by atoms with Crippen LogP contribution in [0, 0.1) is 0 Å². The van der Waals surface area contributed by atoms with Gasteiger partial charge in [-0.3, -0.25) is 4.79 Å². The monoisotopic (exact) mass is 388 g/mol. The van der Waals surface area contributed by atoms with Crippen LogP contribution in [0.2, 0.25) is 0 Å². The maximum absolute atomic E-state index is 12.1. The molecule has 0 aliphatic carbocycles. The van der Waals surface area contributed by atoms with Gasteiger partial charge in [-0.15, -0.1) is 0 Å². The van der Waals surface area contributed by atoms with Crippen molar-refractivity contribution in [2.75, 3.05) is 33.3 Å². The molecule has 1 heterocycles. The summed E-state index contributed by atoms with van der Waals surface area (Å²) in [5.74, 6) is -0.125. The van der Waals surface area contributed by atoms with E-state index in [4.69, 9.17) is 4.74 Å². The van der Waals surface area contributed by atoms with Crippen LogP contribution in [0.5, 0.6) is 0 Å². The summed E-state index contributed by atoms with van der Waals surface area (Å²) in [6, 6.07) is 9.80. The number of quaternary nitrogens is 1. The van der Waals surface area contributed by atoms with Crippen molar-refractivity contribution < 1.29 is 14.0 Å². The van der Waals surface area contributed by atoms with Gasteiger partial charge in [-0.25, -0.2) is 0 Å². The molecule has 2 rings (SSSR count). The number of ether oxygens (including phenoxy) is 1. The van der Waals surface area contributed by atoms with Gasteiger partial charge in [0.2, 0.25) is 0 Å². The largest absolute Gasteiger partial charge is 0.459 e. The van der Waals surface area contributed by atoms with E-state index in [1.165, 1.54) is 32.4 Å². The van der Waals surface area contributed by atoms with Gasteiger partial charge in [0.25, 0.3) is 0 Å². The van der Waals surface area contributed by atoms with Crippen LogP contribution in [0.25, 0.3) is 0 Å². The minimum atomic E-state index is -0.208. The van der Waals surface area contributed by atoms with E-state index in [-0.39, 0.29) is 9.89 Å². The van der Waals surface area contributed by atoms with Gasteiger partial charge in [-0.05, 0) is 24.8 Å². The molecule has 1 saturated heterocycles. The number of carbonyl (C=O) groups is 1. The highest BCUT2D eigenvalue weighted by molar-refractivity contribution is 14.1. The Hall–Kier alpha value is -0.620. The number of hydrogen-bond donors (Lipinski definition) is 0. The molecular weight excluding hydrogens is 365 g/mol. The van der Waals surface area contributed by atoms with Crippen LogP contribution in [0.1, 0.15) is 28.8 Å². The number of rotatable bonds is 5. The number of nitrogens with zero attached hydrogens (tertiary/aromatic N) is 1. The summed E-state index contributed by atoms with van der Waals surface area (Å²) in [4.78, 5) is 12.1. The van der Waals surface area contributed by atoms with Gasteiger partial charge >= 0.3 is 5.97 Å². The molecule has 110 valence electrons. The second-order valence-corrected chi connectivity index (χ2v) is 7.04. The summed E-state index contributed by atoms with van der Waals surface area (Å²) in [5.41, 5.74) is 1.01. The second-order valence-electron chi connectivity index (χ2n) is 5.79. The second kappa shape index (κ2) is 7.41. The Morgan fingerprint density at radius 2 is 1.90 bits per heavy atom. The van der Waals surface area contributed by atoms with Crippen molar-refractivity contribution in [3.8, 4) is 0 Å². The van der Waals surface area contributed by atoms with Gasteiger partial charge in [0.05, 0.1) is 20.1 Å². The van der Waals surface area contributed by atoms with Gasteiger partial charge in [0, 0.05) is 0 Å². The molecule has 1 aliphatic rings. The predicted molar refractivity (Wildman–Crippen MR) is 88.8 cm³/mol. The Balaban J connectivity index is 1.77. The van der Waals surface area contributed by atoms with E-state index in [1.54, 1.807) is 0 Å². The number of alkyl halides is 1. The van der Waals surface area contributed by atoms with Gasteiger partial charge in [0.1, 0.15) is 17.1 Å².